The lowest BCUT2D eigenvalue weighted by atomic mass is 9.98. The molecule has 0 aliphatic carbocycles. The third-order valence-electron chi connectivity index (χ3n) is 6.01. The standard InChI is InChI=1S/C26H31N5O4S/c1-4-26(2,3)29-24(34)21(17-10-12-18(32)13-11-17)31(15-14-16-8-6-5-7-9-16)25(35)22-19(27)20(23(28)33)30-36-22/h5-13,21,32H,4,14-15,27H2,1-3H3,(H2,28,33)(H,29,34). The van der Waals surface area contributed by atoms with E-state index in [2.05, 4.69) is 9.69 Å². The Hall–Kier alpha value is -3.92. The first-order chi connectivity index (χ1) is 17.0. The summed E-state index contributed by atoms with van der Waals surface area (Å²) in [6.45, 7) is 5.93. The Labute approximate surface area is 214 Å². The summed E-state index contributed by atoms with van der Waals surface area (Å²) < 4.78 is 3.96. The van der Waals surface area contributed by atoms with Crippen molar-refractivity contribution >= 4 is 34.9 Å². The summed E-state index contributed by atoms with van der Waals surface area (Å²) in [4.78, 5) is 40.7. The Bertz CT molecular complexity index is 1220. The molecule has 0 aliphatic heterocycles. The summed E-state index contributed by atoms with van der Waals surface area (Å²) in [6, 6.07) is 14.7. The fraction of sp³-hybridized carbons (Fsp3) is 0.308. The van der Waals surface area contributed by atoms with Gasteiger partial charge in [0.1, 0.15) is 16.7 Å². The number of aromatic hydroxyl groups is 1. The number of nitrogens with one attached hydrogen (secondary N) is 1. The van der Waals surface area contributed by atoms with Crippen LogP contribution >= 0.6 is 11.5 Å². The van der Waals surface area contributed by atoms with Crippen LogP contribution in [0, 0.1) is 0 Å². The number of carbonyl (C=O) groups is 3. The molecule has 0 fully saturated rings. The minimum Gasteiger partial charge on any atom is -0.508 e. The second-order valence-corrected chi connectivity index (χ2v) is 9.87. The lowest BCUT2D eigenvalue weighted by Gasteiger charge is -2.34. The van der Waals surface area contributed by atoms with E-state index in [-0.39, 0.29) is 34.5 Å². The molecule has 3 rings (SSSR count). The molecule has 3 aromatic rings. The Morgan fingerprint density at radius 2 is 1.75 bits per heavy atom. The molecule has 36 heavy (non-hydrogen) atoms. The maximum atomic E-state index is 13.9. The van der Waals surface area contributed by atoms with Gasteiger partial charge in [-0.1, -0.05) is 49.4 Å². The molecule has 2 aromatic carbocycles. The molecule has 9 nitrogen and oxygen atoms in total. The summed E-state index contributed by atoms with van der Waals surface area (Å²) in [5.41, 5.74) is 12.1. The van der Waals surface area contributed by atoms with Gasteiger partial charge in [0.15, 0.2) is 5.69 Å². The highest BCUT2D eigenvalue weighted by Gasteiger charge is 2.36. The number of rotatable bonds is 10. The molecule has 1 unspecified atom stereocenters. The summed E-state index contributed by atoms with van der Waals surface area (Å²) in [6.07, 6.45) is 1.13. The largest absolute Gasteiger partial charge is 0.508 e. The summed E-state index contributed by atoms with van der Waals surface area (Å²) in [5.74, 6) is -1.73. The number of primary amides is 1. The molecule has 1 atom stereocenters. The van der Waals surface area contributed by atoms with E-state index in [1.165, 1.54) is 17.0 Å². The number of phenols is 1. The molecule has 0 aliphatic rings. The molecule has 10 heteroatoms. The number of carbonyl (C=O) groups excluding carboxylic acids is 3. The lowest BCUT2D eigenvalue weighted by molar-refractivity contribution is -0.127. The van der Waals surface area contributed by atoms with E-state index in [1.807, 2.05) is 51.1 Å². The number of amides is 3. The Balaban J connectivity index is 2.09. The molecule has 1 heterocycles. The van der Waals surface area contributed by atoms with Gasteiger partial charge < -0.3 is 26.8 Å². The minimum absolute atomic E-state index is 0.0307. The maximum absolute atomic E-state index is 13.9. The van der Waals surface area contributed by atoms with Crippen molar-refractivity contribution < 1.29 is 19.5 Å². The number of hydrogen-bond acceptors (Lipinski definition) is 7. The van der Waals surface area contributed by atoms with Gasteiger partial charge in [0.25, 0.3) is 11.8 Å². The summed E-state index contributed by atoms with van der Waals surface area (Å²) in [5, 5.41) is 12.9. The molecule has 3 amide bonds. The molecule has 0 bridgehead atoms. The Morgan fingerprint density at radius 1 is 1.11 bits per heavy atom. The van der Waals surface area contributed by atoms with Gasteiger partial charge >= 0.3 is 0 Å². The van der Waals surface area contributed by atoms with Gasteiger partial charge in [0.05, 0.1) is 5.69 Å². The first-order valence-corrected chi connectivity index (χ1v) is 12.3. The predicted molar refractivity (Wildman–Crippen MR) is 140 cm³/mol. The molecule has 0 radical (unpaired) electrons. The van der Waals surface area contributed by atoms with Crippen molar-refractivity contribution in [3.05, 3.63) is 76.3 Å². The number of phenolic OH excluding ortho intramolecular Hbond substituents is 1. The van der Waals surface area contributed by atoms with Crippen LogP contribution in [-0.4, -0.2) is 44.2 Å². The van der Waals surface area contributed by atoms with Crippen molar-refractivity contribution in [2.75, 3.05) is 12.3 Å². The highest BCUT2D eigenvalue weighted by molar-refractivity contribution is 7.09. The van der Waals surface area contributed by atoms with E-state index in [9.17, 15) is 19.5 Å². The zero-order valence-corrected chi connectivity index (χ0v) is 21.3. The van der Waals surface area contributed by atoms with Gasteiger partial charge in [0, 0.05) is 12.1 Å². The maximum Gasteiger partial charge on any atom is 0.270 e. The van der Waals surface area contributed by atoms with Crippen LogP contribution in [0.15, 0.2) is 54.6 Å². The van der Waals surface area contributed by atoms with E-state index >= 15 is 0 Å². The van der Waals surface area contributed by atoms with E-state index in [0.29, 0.717) is 18.4 Å². The number of nitrogens with zero attached hydrogens (tertiary/aromatic N) is 2. The average Bonchev–Trinajstić information content (AvgIpc) is 3.24. The van der Waals surface area contributed by atoms with Crippen LogP contribution in [0.25, 0.3) is 0 Å². The van der Waals surface area contributed by atoms with E-state index in [1.54, 1.807) is 12.1 Å². The van der Waals surface area contributed by atoms with Crippen molar-refractivity contribution in [2.45, 2.75) is 45.2 Å². The van der Waals surface area contributed by atoms with Crippen LogP contribution in [0.4, 0.5) is 5.69 Å². The molecule has 0 saturated heterocycles. The molecular formula is C26H31N5O4S. The number of benzene rings is 2. The monoisotopic (exact) mass is 509 g/mol. The highest BCUT2D eigenvalue weighted by atomic mass is 32.1. The molecular weight excluding hydrogens is 478 g/mol. The topological polar surface area (TPSA) is 152 Å². The van der Waals surface area contributed by atoms with Gasteiger partial charge in [-0.25, -0.2) is 0 Å². The normalized spacial score (nSPS) is 12.1. The fourth-order valence-electron chi connectivity index (χ4n) is 3.62. The van der Waals surface area contributed by atoms with E-state index < -0.39 is 23.4 Å². The molecule has 0 saturated carbocycles. The van der Waals surface area contributed by atoms with Crippen LogP contribution in [0.1, 0.15) is 64.5 Å². The Kier molecular flexibility index (Phi) is 8.31. The van der Waals surface area contributed by atoms with Crippen LogP contribution in [-0.2, 0) is 11.2 Å². The van der Waals surface area contributed by atoms with Crippen LogP contribution in [0.2, 0.25) is 0 Å². The second-order valence-electron chi connectivity index (χ2n) is 9.09. The lowest BCUT2D eigenvalue weighted by Crippen LogP contribution is -2.50. The smallest absolute Gasteiger partial charge is 0.270 e. The predicted octanol–water partition coefficient (Wildman–Crippen LogP) is 3.26. The van der Waals surface area contributed by atoms with Gasteiger partial charge in [-0.05, 0) is 61.5 Å². The van der Waals surface area contributed by atoms with Crippen molar-refractivity contribution in [3.63, 3.8) is 0 Å². The fourth-order valence-corrected chi connectivity index (χ4v) is 4.38. The van der Waals surface area contributed by atoms with Crippen LogP contribution in [0.3, 0.4) is 0 Å². The van der Waals surface area contributed by atoms with Crippen molar-refractivity contribution in [2.24, 2.45) is 5.73 Å². The first-order valence-electron chi connectivity index (χ1n) is 11.5. The SMILES string of the molecule is CCC(C)(C)NC(=O)C(c1ccc(O)cc1)N(CCc1ccccc1)C(=O)c1snc(C(N)=O)c1N. The third-order valence-corrected chi connectivity index (χ3v) is 6.87. The quantitative estimate of drug-likeness (QED) is 0.329. The Morgan fingerprint density at radius 3 is 2.31 bits per heavy atom. The zero-order valence-electron chi connectivity index (χ0n) is 20.5. The third kappa shape index (κ3) is 6.19. The zero-order chi connectivity index (χ0) is 26.5. The number of hydrogen-bond donors (Lipinski definition) is 4. The summed E-state index contributed by atoms with van der Waals surface area (Å²) in [7, 11) is 0. The van der Waals surface area contributed by atoms with Crippen molar-refractivity contribution in [3.8, 4) is 5.75 Å². The molecule has 0 spiro atoms. The molecule has 1 aromatic heterocycles. The minimum atomic E-state index is -1.04. The van der Waals surface area contributed by atoms with Gasteiger partial charge in [-0.3, -0.25) is 14.4 Å². The van der Waals surface area contributed by atoms with Gasteiger partial charge in [-0.2, -0.15) is 4.37 Å². The van der Waals surface area contributed by atoms with Gasteiger partial charge in [0.2, 0.25) is 5.91 Å². The molecule has 190 valence electrons. The number of nitrogen functional groups attached to an aromatic ring is 1. The van der Waals surface area contributed by atoms with Crippen molar-refractivity contribution in [1.29, 1.82) is 0 Å². The first kappa shape index (κ1) is 26.7. The summed E-state index contributed by atoms with van der Waals surface area (Å²) >= 11 is 0.768. The van der Waals surface area contributed by atoms with Gasteiger partial charge in [-0.15, -0.1) is 0 Å². The van der Waals surface area contributed by atoms with Crippen molar-refractivity contribution in [1.82, 2.24) is 14.6 Å². The molecule has 6 N–H and O–H groups in total. The van der Waals surface area contributed by atoms with E-state index in [4.69, 9.17) is 11.5 Å². The van der Waals surface area contributed by atoms with E-state index in [0.717, 1.165) is 17.1 Å². The highest BCUT2D eigenvalue weighted by Crippen LogP contribution is 2.30. The van der Waals surface area contributed by atoms with Crippen LogP contribution in [0.5, 0.6) is 5.75 Å². The average molecular weight is 510 g/mol. The van der Waals surface area contributed by atoms with Crippen LogP contribution < -0.4 is 16.8 Å². The number of aromatic nitrogens is 1. The number of nitrogens with two attached hydrogens (primary N) is 2. The second kappa shape index (κ2) is 11.2. The number of anilines is 1.